The standard InChI is InChI=1S/C10H14O3S/c1-3-9-6-4-5-7-10(9)8-13-14(2,11)12/h4-7H,3,8H2,1-2H3. The molecule has 0 bridgehead atoms. The van der Waals surface area contributed by atoms with E-state index in [1.807, 2.05) is 31.2 Å². The zero-order chi connectivity index (χ0) is 10.6. The molecule has 0 N–H and O–H groups in total. The average molecular weight is 214 g/mol. The summed E-state index contributed by atoms with van der Waals surface area (Å²) in [6, 6.07) is 7.66. The first-order valence-corrected chi connectivity index (χ1v) is 6.25. The zero-order valence-corrected chi connectivity index (χ0v) is 9.17. The summed E-state index contributed by atoms with van der Waals surface area (Å²) in [6.07, 6.45) is 1.94. The summed E-state index contributed by atoms with van der Waals surface area (Å²) in [6.45, 7) is 2.15. The van der Waals surface area contributed by atoms with Crippen LogP contribution >= 0.6 is 0 Å². The third kappa shape index (κ3) is 3.47. The number of aryl methyl sites for hydroxylation is 1. The molecule has 0 saturated carbocycles. The Labute approximate surface area is 84.8 Å². The van der Waals surface area contributed by atoms with Crippen molar-refractivity contribution >= 4 is 10.1 Å². The SMILES string of the molecule is CCc1ccccc1COS(C)(=O)=O. The van der Waals surface area contributed by atoms with Gasteiger partial charge in [-0.2, -0.15) is 8.42 Å². The Bertz CT molecular complexity index is 396. The van der Waals surface area contributed by atoms with E-state index in [-0.39, 0.29) is 6.61 Å². The molecule has 3 nitrogen and oxygen atoms in total. The van der Waals surface area contributed by atoms with E-state index in [9.17, 15) is 8.42 Å². The number of hydrogen-bond acceptors (Lipinski definition) is 3. The molecule has 0 saturated heterocycles. The third-order valence-corrected chi connectivity index (χ3v) is 2.47. The van der Waals surface area contributed by atoms with Gasteiger partial charge < -0.3 is 0 Å². The summed E-state index contributed by atoms with van der Waals surface area (Å²) in [5, 5.41) is 0. The van der Waals surface area contributed by atoms with Crippen LogP contribution in [0, 0.1) is 0 Å². The van der Waals surface area contributed by atoms with E-state index in [2.05, 4.69) is 0 Å². The van der Waals surface area contributed by atoms with Gasteiger partial charge in [0, 0.05) is 0 Å². The van der Waals surface area contributed by atoms with Crippen molar-refractivity contribution in [1.82, 2.24) is 0 Å². The van der Waals surface area contributed by atoms with Crippen molar-refractivity contribution in [2.45, 2.75) is 20.0 Å². The van der Waals surface area contributed by atoms with E-state index >= 15 is 0 Å². The van der Waals surface area contributed by atoms with Gasteiger partial charge in [-0.25, -0.2) is 0 Å². The molecule has 0 unspecified atom stereocenters. The maximum atomic E-state index is 10.8. The Morgan fingerprint density at radius 2 is 1.79 bits per heavy atom. The normalized spacial score (nSPS) is 11.6. The second-order valence-electron chi connectivity index (χ2n) is 3.09. The van der Waals surface area contributed by atoms with Crippen LogP contribution in [-0.2, 0) is 27.3 Å². The minimum atomic E-state index is -3.35. The van der Waals surface area contributed by atoms with E-state index in [1.54, 1.807) is 0 Å². The highest BCUT2D eigenvalue weighted by atomic mass is 32.2. The molecule has 14 heavy (non-hydrogen) atoms. The Balaban J connectivity index is 2.76. The summed E-state index contributed by atoms with van der Waals surface area (Å²) in [7, 11) is -3.35. The monoisotopic (exact) mass is 214 g/mol. The molecule has 0 spiro atoms. The topological polar surface area (TPSA) is 43.4 Å². The van der Waals surface area contributed by atoms with Crippen molar-refractivity contribution in [3.8, 4) is 0 Å². The summed E-state index contributed by atoms with van der Waals surface area (Å²) in [5.74, 6) is 0. The minimum absolute atomic E-state index is 0.128. The van der Waals surface area contributed by atoms with Gasteiger partial charge in [-0.15, -0.1) is 0 Å². The predicted molar refractivity (Wildman–Crippen MR) is 55.5 cm³/mol. The molecule has 0 aliphatic rings. The lowest BCUT2D eigenvalue weighted by Crippen LogP contribution is -2.04. The molecule has 0 aliphatic carbocycles. The maximum Gasteiger partial charge on any atom is 0.264 e. The largest absolute Gasteiger partial charge is 0.265 e. The first-order valence-electron chi connectivity index (χ1n) is 4.44. The van der Waals surface area contributed by atoms with Crippen molar-refractivity contribution < 1.29 is 12.6 Å². The lowest BCUT2D eigenvalue weighted by molar-refractivity contribution is 0.310. The lowest BCUT2D eigenvalue weighted by atomic mass is 10.1. The van der Waals surface area contributed by atoms with E-state index < -0.39 is 10.1 Å². The van der Waals surface area contributed by atoms with Crippen LogP contribution in [0.1, 0.15) is 18.1 Å². The first kappa shape index (κ1) is 11.2. The molecular formula is C10H14O3S. The van der Waals surface area contributed by atoms with E-state index in [0.717, 1.165) is 23.8 Å². The van der Waals surface area contributed by atoms with Gasteiger partial charge >= 0.3 is 0 Å². The molecule has 1 aromatic carbocycles. The molecule has 0 heterocycles. The Kier molecular flexibility index (Phi) is 3.66. The highest BCUT2D eigenvalue weighted by Crippen LogP contribution is 2.11. The molecule has 4 heteroatoms. The highest BCUT2D eigenvalue weighted by molar-refractivity contribution is 7.85. The molecular weight excluding hydrogens is 200 g/mol. The van der Waals surface area contributed by atoms with Gasteiger partial charge in [0.15, 0.2) is 0 Å². The van der Waals surface area contributed by atoms with Crippen LogP contribution in [-0.4, -0.2) is 14.7 Å². The predicted octanol–water partition coefficient (Wildman–Crippen LogP) is 1.73. The summed E-state index contributed by atoms with van der Waals surface area (Å²) >= 11 is 0. The second-order valence-corrected chi connectivity index (χ2v) is 4.73. The molecule has 1 rings (SSSR count). The van der Waals surface area contributed by atoms with Crippen molar-refractivity contribution in [2.75, 3.05) is 6.26 Å². The second kappa shape index (κ2) is 4.57. The fourth-order valence-electron chi connectivity index (χ4n) is 1.21. The van der Waals surface area contributed by atoms with Crippen LogP contribution in [0.25, 0.3) is 0 Å². The van der Waals surface area contributed by atoms with Crippen LogP contribution in [0.3, 0.4) is 0 Å². The maximum absolute atomic E-state index is 10.8. The third-order valence-electron chi connectivity index (χ3n) is 1.93. The first-order chi connectivity index (χ1) is 6.53. The number of rotatable bonds is 4. The molecule has 0 atom stereocenters. The van der Waals surface area contributed by atoms with Gasteiger partial charge in [-0.05, 0) is 17.5 Å². The van der Waals surface area contributed by atoms with Gasteiger partial charge in [-0.3, -0.25) is 4.18 Å². The summed E-state index contributed by atoms with van der Waals surface area (Å²) < 4.78 is 26.3. The van der Waals surface area contributed by atoms with Gasteiger partial charge in [-0.1, -0.05) is 31.2 Å². The molecule has 0 amide bonds. The van der Waals surface area contributed by atoms with Crippen molar-refractivity contribution in [3.05, 3.63) is 35.4 Å². The quantitative estimate of drug-likeness (QED) is 0.717. The van der Waals surface area contributed by atoms with Gasteiger partial charge in [0.2, 0.25) is 0 Å². The fraction of sp³-hybridized carbons (Fsp3) is 0.400. The van der Waals surface area contributed by atoms with Crippen LogP contribution in [0.5, 0.6) is 0 Å². The van der Waals surface area contributed by atoms with Gasteiger partial charge in [0.25, 0.3) is 10.1 Å². The van der Waals surface area contributed by atoms with Crippen LogP contribution in [0.4, 0.5) is 0 Å². The Morgan fingerprint density at radius 3 is 2.29 bits per heavy atom. The van der Waals surface area contributed by atoms with Crippen molar-refractivity contribution in [1.29, 1.82) is 0 Å². The molecule has 78 valence electrons. The smallest absolute Gasteiger partial charge is 0.264 e. The lowest BCUT2D eigenvalue weighted by Gasteiger charge is -2.06. The number of hydrogen-bond donors (Lipinski definition) is 0. The zero-order valence-electron chi connectivity index (χ0n) is 8.36. The van der Waals surface area contributed by atoms with Crippen LogP contribution in [0.15, 0.2) is 24.3 Å². The van der Waals surface area contributed by atoms with Crippen LogP contribution < -0.4 is 0 Å². The van der Waals surface area contributed by atoms with Crippen molar-refractivity contribution in [2.24, 2.45) is 0 Å². The van der Waals surface area contributed by atoms with Crippen LogP contribution in [0.2, 0.25) is 0 Å². The highest BCUT2D eigenvalue weighted by Gasteiger charge is 2.04. The Morgan fingerprint density at radius 1 is 1.21 bits per heavy atom. The van der Waals surface area contributed by atoms with Gasteiger partial charge in [0.1, 0.15) is 0 Å². The summed E-state index contributed by atoms with van der Waals surface area (Å²) in [4.78, 5) is 0. The summed E-state index contributed by atoms with van der Waals surface area (Å²) in [5.41, 5.74) is 2.05. The van der Waals surface area contributed by atoms with E-state index in [0.29, 0.717) is 0 Å². The molecule has 0 fully saturated rings. The fourth-order valence-corrected chi connectivity index (χ4v) is 1.55. The molecule has 0 radical (unpaired) electrons. The number of benzene rings is 1. The van der Waals surface area contributed by atoms with E-state index in [4.69, 9.17) is 4.18 Å². The van der Waals surface area contributed by atoms with E-state index in [1.165, 1.54) is 0 Å². The minimum Gasteiger partial charge on any atom is -0.265 e. The van der Waals surface area contributed by atoms with Crippen molar-refractivity contribution in [3.63, 3.8) is 0 Å². The Hall–Kier alpha value is -0.870. The molecule has 1 aromatic rings. The van der Waals surface area contributed by atoms with Gasteiger partial charge in [0.05, 0.1) is 12.9 Å². The molecule has 0 aromatic heterocycles. The average Bonchev–Trinajstić information content (AvgIpc) is 2.14. The molecule has 0 aliphatic heterocycles.